The van der Waals surface area contributed by atoms with E-state index in [0.29, 0.717) is 23.7 Å². The molecule has 1 saturated carbocycles. The van der Waals surface area contributed by atoms with Crippen LogP contribution in [0.1, 0.15) is 32.2 Å². The minimum atomic E-state index is -0.237. The molecule has 2 aromatic heterocycles. The van der Waals surface area contributed by atoms with Gasteiger partial charge in [0.2, 0.25) is 5.95 Å². The lowest BCUT2D eigenvalue weighted by Crippen LogP contribution is -2.11. The van der Waals surface area contributed by atoms with Crippen molar-refractivity contribution in [3.8, 4) is 0 Å². The van der Waals surface area contributed by atoms with Crippen LogP contribution in [0.5, 0.6) is 0 Å². The number of esters is 1. The summed E-state index contributed by atoms with van der Waals surface area (Å²) in [5, 5.41) is 0.269. The summed E-state index contributed by atoms with van der Waals surface area (Å²) in [4.78, 5) is 23.3. The Bertz CT molecular complexity index is 686. The maximum absolute atomic E-state index is 10.9. The number of nitrogens with two attached hydrogens (primary N) is 1. The first kappa shape index (κ1) is 14.1. The number of nitrogen functional groups attached to an aromatic ring is 1. The van der Waals surface area contributed by atoms with E-state index in [9.17, 15) is 4.79 Å². The van der Waals surface area contributed by atoms with Crippen molar-refractivity contribution in [3.05, 3.63) is 11.5 Å². The fourth-order valence-corrected chi connectivity index (χ4v) is 3.07. The van der Waals surface area contributed by atoms with Gasteiger partial charge in [-0.25, -0.2) is 4.98 Å². The standard InChI is InChI=1S/C13H16ClN5O2/c1-7(20)21-5-8-2-3-9(4-8)19-6-16-10-11(14)17-13(15)18-12(10)19/h6,8-9H,2-5H2,1H3,(H2,15,17,18). The molecule has 1 fully saturated rings. The first-order valence-electron chi connectivity index (χ1n) is 6.83. The highest BCUT2D eigenvalue weighted by Crippen LogP contribution is 2.36. The van der Waals surface area contributed by atoms with Crippen molar-refractivity contribution in [1.82, 2.24) is 19.5 Å². The predicted octanol–water partition coefficient (Wildman–Crippen LogP) is 1.97. The molecule has 21 heavy (non-hydrogen) atoms. The van der Waals surface area contributed by atoms with Crippen LogP contribution in [0.3, 0.4) is 0 Å². The second kappa shape index (κ2) is 5.48. The second-order valence-electron chi connectivity index (χ2n) is 5.33. The molecule has 8 heteroatoms. The maximum atomic E-state index is 10.9. The summed E-state index contributed by atoms with van der Waals surface area (Å²) in [6.45, 7) is 1.90. The number of hydrogen-bond donors (Lipinski definition) is 1. The minimum absolute atomic E-state index is 0.142. The van der Waals surface area contributed by atoms with Crippen molar-refractivity contribution < 1.29 is 9.53 Å². The zero-order valence-electron chi connectivity index (χ0n) is 11.6. The molecule has 2 N–H and O–H groups in total. The Morgan fingerprint density at radius 2 is 2.33 bits per heavy atom. The highest BCUT2D eigenvalue weighted by molar-refractivity contribution is 6.33. The third-order valence-electron chi connectivity index (χ3n) is 3.83. The zero-order valence-corrected chi connectivity index (χ0v) is 12.4. The molecule has 2 aromatic rings. The molecular weight excluding hydrogens is 294 g/mol. The van der Waals surface area contributed by atoms with Gasteiger partial charge in [-0.3, -0.25) is 4.79 Å². The summed E-state index contributed by atoms with van der Waals surface area (Å²) in [6.07, 6.45) is 4.63. The van der Waals surface area contributed by atoms with Gasteiger partial charge < -0.3 is 15.0 Å². The van der Waals surface area contributed by atoms with E-state index >= 15 is 0 Å². The molecule has 0 radical (unpaired) electrons. The summed E-state index contributed by atoms with van der Waals surface area (Å²) >= 11 is 6.03. The number of halogens is 1. The molecule has 7 nitrogen and oxygen atoms in total. The maximum Gasteiger partial charge on any atom is 0.302 e. The monoisotopic (exact) mass is 309 g/mol. The Morgan fingerprint density at radius 3 is 3.10 bits per heavy atom. The molecule has 0 amide bonds. The van der Waals surface area contributed by atoms with E-state index in [1.165, 1.54) is 6.92 Å². The minimum Gasteiger partial charge on any atom is -0.466 e. The number of carbonyl (C=O) groups excluding carboxylic acids is 1. The molecular formula is C13H16ClN5O2. The van der Waals surface area contributed by atoms with E-state index in [-0.39, 0.29) is 23.1 Å². The van der Waals surface area contributed by atoms with E-state index in [2.05, 4.69) is 15.0 Å². The molecule has 112 valence electrons. The van der Waals surface area contributed by atoms with E-state index in [0.717, 1.165) is 19.3 Å². The van der Waals surface area contributed by atoms with Crippen LogP contribution >= 0.6 is 11.6 Å². The Balaban J connectivity index is 1.81. The number of imidazole rings is 1. The molecule has 0 aliphatic heterocycles. The van der Waals surface area contributed by atoms with Gasteiger partial charge in [0.15, 0.2) is 10.8 Å². The van der Waals surface area contributed by atoms with Gasteiger partial charge in [-0.1, -0.05) is 11.6 Å². The molecule has 2 atom stereocenters. The second-order valence-corrected chi connectivity index (χ2v) is 5.69. The highest BCUT2D eigenvalue weighted by atomic mass is 35.5. The smallest absolute Gasteiger partial charge is 0.302 e. The summed E-state index contributed by atoms with van der Waals surface area (Å²) in [5.41, 5.74) is 6.88. The topological polar surface area (TPSA) is 95.9 Å². The van der Waals surface area contributed by atoms with Gasteiger partial charge in [0, 0.05) is 13.0 Å². The normalized spacial score (nSPS) is 21.8. The lowest BCUT2D eigenvalue weighted by molar-refractivity contribution is -0.142. The average molecular weight is 310 g/mol. The van der Waals surface area contributed by atoms with Crippen LogP contribution in [0.4, 0.5) is 5.95 Å². The summed E-state index contributed by atoms with van der Waals surface area (Å²) in [5.74, 6) is 0.272. The number of nitrogens with zero attached hydrogens (tertiary/aromatic N) is 4. The molecule has 1 aliphatic rings. The molecule has 0 saturated heterocycles. The molecule has 0 aromatic carbocycles. The lowest BCUT2D eigenvalue weighted by atomic mass is 10.1. The van der Waals surface area contributed by atoms with Crippen molar-refractivity contribution in [3.63, 3.8) is 0 Å². The molecule has 0 spiro atoms. The number of anilines is 1. The van der Waals surface area contributed by atoms with E-state index < -0.39 is 0 Å². The first-order valence-corrected chi connectivity index (χ1v) is 7.21. The van der Waals surface area contributed by atoms with Crippen molar-refractivity contribution >= 4 is 34.7 Å². The van der Waals surface area contributed by atoms with Crippen molar-refractivity contribution in [2.24, 2.45) is 5.92 Å². The van der Waals surface area contributed by atoms with Gasteiger partial charge >= 0.3 is 5.97 Å². The van der Waals surface area contributed by atoms with Crippen LogP contribution in [0.2, 0.25) is 5.15 Å². The number of ether oxygens (including phenoxy) is 1. The number of carbonyl (C=O) groups is 1. The fourth-order valence-electron chi connectivity index (χ4n) is 2.85. The summed E-state index contributed by atoms with van der Waals surface area (Å²) in [6, 6.07) is 0.265. The van der Waals surface area contributed by atoms with Crippen molar-refractivity contribution in [2.75, 3.05) is 12.3 Å². The van der Waals surface area contributed by atoms with Crippen LogP contribution < -0.4 is 5.73 Å². The number of fused-ring (bicyclic) bond motifs is 1. The van der Waals surface area contributed by atoms with Gasteiger partial charge in [0.05, 0.1) is 12.9 Å². The van der Waals surface area contributed by atoms with Gasteiger partial charge in [-0.05, 0) is 25.2 Å². The largest absolute Gasteiger partial charge is 0.466 e. The Labute approximate surface area is 126 Å². The van der Waals surface area contributed by atoms with Crippen molar-refractivity contribution in [2.45, 2.75) is 32.2 Å². The SMILES string of the molecule is CC(=O)OCC1CCC(n2cnc3c(Cl)nc(N)nc32)C1. The molecule has 2 heterocycles. The molecule has 3 rings (SSSR count). The van der Waals surface area contributed by atoms with Gasteiger partial charge in [0.1, 0.15) is 5.52 Å². The third kappa shape index (κ3) is 2.78. The lowest BCUT2D eigenvalue weighted by Gasteiger charge is -2.13. The quantitative estimate of drug-likeness (QED) is 0.688. The average Bonchev–Trinajstić information content (AvgIpc) is 3.02. The molecule has 1 aliphatic carbocycles. The number of aromatic nitrogens is 4. The van der Waals surface area contributed by atoms with Gasteiger partial charge in [0.25, 0.3) is 0 Å². The van der Waals surface area contributed by atoms with Gasteiger partial charge in [-0.2, -0.15) is 9.97 Å². The summed E-state index contributed by atoms with van der Waals surface area (Å²) in [7, 11) is 0. The molecule has 0 bridgehead atoms. The van der Waals surface area contributed by atoms with Crippen LogP contribution in [-0.2, 0) is 9.53 Å². The zero-order chi connectivity index (χ0) is 15.0. The molecule has 2 unspecified atom stereocenters. The van der Waals surface area contributed by atoms with Crippen LogP contribution in [-0.4, -0.2) is 32.1 Å². The third-order valence-corrected chi connectivity index (χ3v) is 4.09. The first-order chi connectivity index (χ1) is 10.0. The predicted molar refractivity (Wildman–Crippen MR) is 77.8 cm³/mol. The van der Waals surface area contributed by atoms with E-state index in [4.69, 9.17) is 22.1 Å². The van der Waals surface area contributed by atoms with Crippen molar-refractivity contribution in [1.29, 1.82) is 0 Å². The van der Waals surface area contributed by atoms with E-state index in [1.807, 2.05) is 4.57 Å². The Hall–Kier alpha value is -1.89. The summed E-state index contributed by atoms with van der Waals surface area (Å²) < 4.78 is 7.08. The highest BCUT2D eigenvalue weighted by Gasteiger charge is 2.28. The Kier molecular flexibility index (Phi) is 3.67. The Morgan fingerprint density at radius 1 is 1.52 bits per heavy atom. The van der Waals surface area contributed by atoms with Crippen LogP contribution in [0.15, 0.2) is 6.33 Å². The number of rotatable bonds is 3. The van der Waals surface area contributed by atoms with Crippen LogP contribution in [0, 0.1) is 5.92 Å². The fraction of sp³-hybridized carbons (Fsp3) is 0.538. The van der Waals surface area contributed by atoms with Crippen LogP contribution in [0.25, 0.3) is 11.2 Å². The number of hydrogen-bond acceptors (Lipinski definition) is 6. The van der Waals surface area contributed by atoms with E-state index in [1.54, 1.807) is 6.33 Å². The van der Waals surface area contributed by atoms with Gasteiger partial charge in [-0.15, -0.1) is 0 Å².